The third-order valence-electron chi connectivity index (χ3n) is 12.3. The van der Waals surface area contributed by atoms with Crippen LogP contribution in [-0.4, -0.2) is 17.5 Å². The Hall–Kier alpha value is -6.57. The first-order valence-corrected chi connectivity index (χ1v) is 24.5. The second kappa shape index (κ2) is 24.6. The molecule has 0 radical (unpaired) electrons. The largest absolute Gasteiger partial charge is 0.457 e. The average molecular weight is 893 g/mol. The van der Waals surface area contributed by atoms with Gasteiger partial charge in [-0.25, -0.2) is 0 Å². The van der Waals surface area contributed by atoms with E-state index in [0.717, 1.165) is 88.5 Å². The van der Waals surface area contributed by atoms with Gasteiger partial charge in [0.25, 0.3) is 0 Å². The van der Waals surface area contributed by atoms with Crippen LogP contribution in [0.4, 0.5) is 0 Å². The molecule has 0 unspecified atom stereocenters. The van der Waals surface area contributed by atoms with Crippen molar-refractivity contribution in [3.63, 3.8) is 0 Å². The molecule has 8 aromatic carbocycles. The Bertz CT molecular complexity index is 2590. The SMILES string of the molecule is O=S(=O)(O)O.c1ccc(CCc2ccc(Oc3ccc(CCc4ccccc4)c(CCc4ccccc4)c3CCc3ccccc3)c(CCc3ccccc3)c2CCc2ccccc2)cc1. The number of benzene rings is 8. The van der Waals surface area contributed by atoms with E-state index in [-0.39, 0.29) is 0 Å². The molecule has 8 aromatic rings. The third-order valence-corrected chi connectivity index (χ3v) is 12.3. The smallest absolute Gasteiger partial charge is 0.394 e. The van der Waals surface area contributed by atoms with E-state index in [1.165, 1.54) is 66.8 Å². The molecular weight excluding hydrogens is 833 g/mol. The fourth-order valence-corrected chi connectivity index (χ4v) is 8.89. The summed E-state index contributed by atoms with van der Waals surface area (Å²) in [6.45, 7) is 0. The number of hydrogen-bond donors (Lipinski definition) is 2. The van der Waals surface area contributed by atoms with Gasteiger partial charge in [-0.15, -0.1) is 0 Å². The van der Waals surface area contributed by atoms with Crippen molar-refractivity contribution in [2.24, 2.45) is 0 Å². The van der Waals surface area contributed by atoms with Gasteiger partial charge in [-0.2, -0.15) is 8.42 Å². The maximum atomic E-state index is 8.74. The van der Waals surface area contributed by atoms with Gasteiger partial charge in [-0.05, 0) is 156 Å². The lowest BCUT2D eigenvalue weighted by atomic mass is 9.88. The molecule has 0 bridgehead atoms. The van der Waals surface area contributed by atoms with E-state index in [0.29, 0.717) is 0 Å². The lowest BCUT2D eigenvalue weighted by Crippen LogP contribution is -2.10. The molecule has 0 fully saturated rings. The van der Waals surface area contributed by atoms with Crippen LogP contribution in [0, 0.1) is 0 Å². The quantitative estimate of drug-likeness (QED) is 0.0745. The Balaban J connectivity index is 0.00000123. The average Bonchev–Trinajstić information content (AvgIpc) is 3.35. The van der Waals surface area contributed by atoms with E-state index < -0.39 is 10.4 Å². The number of rotatable bonds is 20. The first-order chi connectivity index (χ1) is 32.2. The van der Waals surface area contributed by atoms with Crippen molar-refractivity contribution in [2.45, 2.75) is 77.0 Å². The Morgan fingerprint density at radius 3 is 0.727 bits per heavy atom. The molecule has 0 spiro atoms. The van der Waals surface area contributed by atoms with E-state index in [1.54, 1.807) is 0 Å². The summed E-state index contributed by atoms with van der Waals surface area (Å²) in [6.07, 6.45) is 11.7. The molecule has 0 heterocycles. The molecule has 336 valence electrons. The molecule has 0 aliphatic rings. The van der Waals surface area contributed by atoms with Gasteiger partial charge in [0.05, 0.1) is 0 Å². The molecule has 0 saturated heterocycles. The van der Waals surface area contributed by atoms with Gasteiger partial charge >= 0.3 is 10.4 Å². The number of hydrogen-bond acceptors (Lipinski definition) is 3. The van der Waals surface area contributed by atoms with Crippen molar-refractivity contribution in [2.75, 3.05) is 0 Å². The lowest BCUT2D eigenvalue weighted by molar-refractivity contribution is 0.381. The minimum atomic E-state index is -4.67. The van der Waals surface area contributed by atoms with Crippen LogP contribution < -0.4 is 4.74 Å². The molecular formula is C60H60O5S. The fourth-order valence-electron chi connectivity index (χ4n) is 8.89. The van der Waals surface area contributed by atoms with Crippen LogP contribution in [0.2, 0.25) is 0 Å². The first-order valence-electron chi connectivity index (χ1n) is 23.1. The normalized spacial score (nSPS) is 11.1. The maximum Gasteiger partial charge on any atom is 0.394 e. The fraction of sp³-hybridized carbons (Fsp3) is 0.200. The summed E-state index contributed by atoms with van der Waals surface area (Å²) in [6, 6.07) is 75.1. The van der Waals surface area contributed by atoms with Crippen molar-refractivity contribution < 1.29 is 22.3 Å². The van der Waals surface area contributed by atoms with E-state index in [9.17, 15) is 0 Å². The summed E-state index contributed by atoms with van der Waals surface area (Å²) in [5, 5.41) is 0. The molecule has 6 heteroatoms. The highest BCUT2D eigenvalue weighted by Gasteiger charge is 2.20. The minimum absolute atomic E-state index is 0.915. The van der Waals surface area contributed by atoms with Crippen molar-refractivity contribution in [1.82, 2.24) is 0 Å². The summed E-state index contributed by atoms with van der Waals surface area (Å²) in [5.74, 6) is 1.99. The summed E-state index contributed by atoms with van der Waals surface area (Å²) < 4.78 is 39.0. The zero-order chi connectivity index (χ0) is 45.8. The Labute approximate surface area is 392 Å². The highest BCUT2D eigenvalue weighted by molar-refractivity contribution is 7.79. The standard InChI is InChI=1S/C60H58O.H2O4S/c1-7-19-47(20-8-1)31-37-53-39-45-59(57(43-35-51-27-15-5-16-28-51)55(53)41-33-49-23-11-3-12-24-49)61-60-46-40-54(38-32-48-21-9-2-10-22-48)56(42-34-50-25-13-4-14-26-50)58(60)44-36-52-29-17-6-18-30-52;1-5(2,3)4/h1-30,39-40,45-46H,31-38,41-44H2;(H2,1,2,3,4). The predicted octanol–water partition coefficient (Wildman–Crippen LogP) is 13.5. The summed E-state index contributed by atoms with van der Waals surface area (Å²) in [7, 11) is -4.67. The lowest BCUT2D eigenvalue weighted by Gasteiger charge is -2.23. The Morgan fingerprint density at radius 2 is 0.485 bits per heavy atom. The van der Waals surface area contributed by atoms with Gasteiger partial charge in [0.2, 0.25) is 0 Å². The van der Waals surface area contributed by atoms with Crippen LogP contribution in [0.5, 0.6) is 11.5 Å². The van der Waals surface area contributed by atoms with Gasteiger partial charge < -0.3 is 4.74 Å². The van der Waals surface area contributed by atoms with Crippen molar-refractivity contribution in [3.05, 3.63) is 273 Å². The zero-order valence-corrected chi connectivity index (χ0v) is 38.5. The topological polar surface area (TPSA) is 83.8 Å². The van der Waals surface area contributed by atoms with E-state index >= 15 is 0 Å². The molecule has 2 N–H and O–H groups in total. The molecule has 0 aliphatic heterocycles. The highest BCUT2D eigenvalue weighted by atomic mass is 32.3. The summed E-state index contributed by atoms with van der Waals surface area (Å²) in [5.41, 5.74) is 16.6. The molecule has 0 aliphatic carbocycles. The maximum absolute atomic E-state index is 8.74. The van der Waals surface area contributed by atoms with Gasteiger partial charge in [0.15, 0.2) is 0 Å². The Morgan fingerprint density at radius 1 is 0.273 bits per heavy atom. The second-order valence-electron chi connectivity index (χ2n) is 16.8. The van der Waals surface area contributed by atoms with E-state index in [4.69, 9.17) is 22.3 Å². The number of aryl methyl sites for hydroxylation is 8. The Kier molecular flexibility index (Phi) is 17.7. The molecule has 0 aromatic heterocycles. The van der Waals surface area contributed by atoms with Gasteiger partial charge in [0, 0.05) is 0 Å². The van der Waals surface area contributed by atoms with Crippen LogP contribution in [0.3, 0.4) is 0 Å². The van der Waals surface area contributed by atoms with Crippen LogP contribution in [-0.2, 0) is 87.4 Å². The van der Waals surface area contributed by atoms with Crippen LogP contribution >= 0.6 is 0 Å². The van der Waals surface area contributed by atoms with Gasteiger partial charge in [-0.1, -0.05) is 194 Å². The van der Waals surface area contributed by atoms with Crippen molar-refractivity contribution >= 4 is 10.4 Å². The predicted molar refractivity (Wildman–Crippen MR) is 270 cm³/mol. The zero-order valence-electron chi connectivity index (χ0n) is 37.6. The van der Waals surface area contributed by atoms with E-state index in [1.807, 2.05) is 0 Å². The molecule has 66 heavy (non-hydrogen) atoms. The monoisotopic (exact) mass is 892 g/mol. The van der Waals surface area contributed by atoms with Crippen LogP contribution in [0.1, 0.15) is 66.8 Å². The summed E-state index contributed by atoms with van der Waals surface area (Å²) >= 11 is 0. The summed E-state index contributed by atoms with van der Waals surface area (Å²) in [4.78, 5) is 0. The first kappa shape index (κ1) is 47.4. The molecule has 5 nitrogen and oxygen atoms in total. The van der Waals surface area contributed by atoms with Gasteiger partial charge in [0.1, 0.15) is 11.5 Å². The highest BCUT2D eigenvalue weighted by Crippen LogP contribution is 2.37. The molecule has 8 rings (SSSR count). The minimum Gasteiger partial charge on any atom is -0.457 e. The van der Waals surface area contributed by atoms with Crippen LogP contribution in [0.15, 0.2) is 206 Å². The second-order valence-corrected chi connectivity index (χ2v) is 17.7. The number of ether oxygens (including phenoxy) is 1. The third kappa shape index (κ3) is 15.3. The van der Waals surface area contributed by atoms with Gasteiger partial charge in [-0.3, -0.25) is 9.11 Å². The van der Waals surface area contributed by atoms with Crippen molar-refractivity contribution in [1.29, 1.82) is 0 Å². The molecule has 0 saturated carbocycles. The van der Waals surface area contributed by atoms with Crippen molar-refractivity contribution in [3.8, 4) is 11.5 Å². The molecule has 0 amide bonds. The van der Waals surface area contributed by atoms with E-state index in [2.05, 4.69) is 206 Å². The van der Waals surface area contributed by atoms with Crippen LogP contribution in [0.25, 0.3) is 0 Å². The molecule has 0 atom stereocenters.